The molecule has 98 valence electrons. The number of hydrogen-bond donors (Lipinski definition) is 0. The normalized spacial score (nSPS) is 14.9. The van der Waals surface area contributed by atoms with Gasteiger partial charge >= 0.3 is 0 Å². The van der Waals surface area contributed by atoms with Gasteiger partial charge in [0.15, 0.2) is 17.8 Å². The van der Waals surface area contributed by atoms with Gasteiger partial charge in [-0.25, -0.2) is 8.42 Å². The summed E-state index contributed by atoms with van der Waals surface area (Å²) in [7, 11) is 1.54. The van der Waals surface area contributed by atoms with Gasteiger partial charge in [0, 0.05) is 22.7 Å². The lowest BCUT2D eigenvalue weighted by Gasteiger charge is -2.13. The van der Waals surface area contributed by atoms with E-state index in [4.69, 9.17) is 20.2 Å². The van der Waals surface area contributed by atoms with Crippen molar-refractivity contribution in [3.63, 3.8) is 0 Å². The van der Waals surface area contributed by atoms with Gasteiger partial charge in [-0.1, -0.05) is 6.07 Å². The molecule has 1 aromatic rings. The third-order valence-corrected chi connectivity index (χ3v) is 3.44. The first-order chi connectivity index (χ1) is 8.51. The van der Waals surface area contributed by atoms with Gasteiger partial charge in [0.2, 0.25) is 9.05 Å². The van der Waals surface area contributed by atoms with Crippen LogP contribution in [0.4, 0.5) is 0 Å². The van der Waals surface area contributed by atoms with Crippen LogP contribution in [0.5, 0.6) is 11.5 Å². The molecular formula is C11H11ClO5S. The van der Waals surface area contributed by atoms with Crippen molar-refractivity contribution in [2.45, 2.75) is 12.2 Å². The molecule has 0 fully saturated rings. The van der Waals surface area contributed by atoms with Gasteiger partial charge in [0.25, 0.3) is 0 Å². The Labute approximate surface area is 109 Å². The number of rotatable bonds is 3. The Bertz CT molecular complexity index is 567. The van der Waals surface area contributed by atoms with Gasteiger partial charge in [0.05, 0.1) is 24.5 Å². The summed E-state index contributed by atoms with van der Waals surface area (Å²) in [6, 6.07) is 3.01. The molecule has 0 atom stereocenters. The first kappa shape index (κ1) is 13.2. The third-order valence-electron chi connectivity index (χ3n) is 2.46. The first-order valence-electron chi connectivity index (χ1n) is 5.30. The molecule has 0 unspecified atom stereocenters. The lowest BCUT2D eigenvalue weighted by Crippen LogP contribution is -2.02. The molecule has 0 N–H and O–H groups in total. The minimum absolute atomic E-state index is 0.292. The predicted octanol–water partition coefficient (Wildman–Crippen LogP) is 1.73. The predicted molar refractivity (Wildman–Crippen MR) is 65.9 cm³/mol. The molecule has 5 nitrogen and oxygen atoms in total. The Morgan fingerprint density at radius 2 is 1.89 bits per heavy atom. The monoisotopic (exact) mass is 290 g/mol. The van der Waals surface area contributed by atoms with E-state index in [0.29, 0.717) is 48.5 Å². The van der Waals surface area contributed by atoms with Gasteiger partial charge in [-0.15, -0.1) is 0 Å². The number of hydrogen-bond acceptors (Lipinski definition) is 5. The second kappa shape index (κ2) is 5.16. The van der Waals surface area contributed by atoms with E-state index in [0.717, 1.165) is 0 Å². The summed E-state index contributed by atoms with van der Waals surface area (Å²) >= 11 is 0. The molecule has 1 aromatic carbocycles. The Morgan fingerprint density at radius 3 is 2.50 bits per heavy atom. The highest BCUT2D eigenvalue weighted by molar-refractivity contribution is 8.13. The fourth-order valence-electron chi connectivity index (χ4n) is 1.73. The molecule has 0 bridgehead atoms. The van der Waals surface area contributed by atoms with E-state index in [-0.39, 0.29) is 5.75 Å². The van der Waals surface area contributed by atoms with Crippen LogP contribution in [0, 0.1) is 0 Å². The fourth-order valence-corrected chi connectivity index (χ4v) is 2.68. The summed E-state index contributed by atoms with van der Waals surface area (Å²) in [5.41, 5.74) is 0.732. The van der Waals surface area contributed by atoms with Crippen molar-refractivity contribution in [3.8, 4) is 11.5 Å². The summed E-state index contributed by atoms with van der Waals surface area (Å²) in [5, 5.41) is 0. The van der Waals surface area contributed by atoms with E-state index in [9.17, 15) is 13.2 Å². The van der Waals surface area contributed by atoms with Crippen molar-refractivity contribution in [1.29, 1.82) is 0 Å². The highest BCUT2D eigenvalue weighted by Crippen LogP contribution is 2.37. The summed E-state index contributed by atoms with van der Waals surface area (Å²) in [4.78, 5) is 10.9. The van der Waals surface area contributed by atoms with Gasteiger partial charge in [0.1, 0.15) is 0 Å². The average molecular weight is 291 g/mol. The molecule has 1 heterocycles. The van der Waals surface area contributed by atoms with Crippen LogP contribution in [0.3, 0.4) is 0 Å². The average Bonchev–Trinajstić information content (AvgIpc) is 2.53. The van der Waals surface area contributed by atoms with E-state index >= 15 is 0 Å². The van der Waals surface area contributed by atoms with Crippen LogP contribution in [0.15, 0.2) is 12.1 Å². The van der Waals surface area contributed by atoms with E-state index in [1.165, 1.54) is 12.1 Å². The smallest absolute Gasteiger partial charge is 0.236 e. The number of aldehydes is 1. The first-order valence-corrected chi connectivity index (χ1v) is 7.78. The van der Waals surface area contributed by atoms with Crippen molar-refractivity contribution >= 4 is 26.0 Å². The van der Waals surface area contributed by atoms with Gasteiger partial charge < -0.3 is 9.47 Å². The summed E-state index contributed by atoms with van der Waals surface area (Å²) in [6.45, 7) is 0.829. The Kier molecular flexibility index (Phi) is 3.77. The molecule has 1 aliphatic rings. The second-order valence-electron chi connectivity index (χ2n) is 3.82. The maximum atomic E-state index is 11.1. The lowest BCUT2D eigenvalue weighted by atomic mass is 10.1. The van der Waals surface area contributed by atoms with Gasteiger partial charge in [-0.05, 0) is 6.07 Å². The number of ether oxygens (including phenoxy) is 2. The number of fused-ring (bicyclic) bond motifs is 1. The highest BCUT2D eigenvalue weighted by Gasteiger charge is 2.21. The molecule has 7 heteroatoms. The van der Waals surface area contributed by atoms with E-state index in [1.807, 2.05) is 0 Å². The zero-order chi connectivity index (χ0) is 13.2. The molecule has 0 aliphatic carbocycles. The minimum atomic E-state index is -3.69. The quantitative estimate of drug-likeness (QED) is 0.626. The summed E-state index contributed by atoms with van der Waals surface area (Å²) in [6.07, 6.45) is 1.31. The zero-order valence-electron chi connectivity index (χ0n) is 9.39. The molecule has 0 saturated heterocycles. The van der Waals surface area contributed by atoms with E-state index in [2.05, 4.69) is 0 Å². The van der Waals surface area contributed by atoms with Crippen LogP contribution in [0.25, 0.3) is 0 Å². The Morgan fingerprint density at radius 1 is 1.22 bits per heavy atom. The largest absolute Gasteiger partial charge is 0.489 e. The summed E-state index contributed by atoms with van der Waals surface area (Å²) < 4.78 is 33.1. The van der Waals surface area contributed by atoms with Crippen LogP contribution in [-0.4, -0.2) is 27.9 Å². The number of carbonyl (C=O) groups is 1. The van der Waals surface area contributed by atoms with Gasteiger partial charge in [-0.3, -0.25) is 4.79 Å². The number of benzene rings is 1. The van der Waals surface area contributed by atoms with Crippen molar-refractivity contribution in [2.24, 2.45) is 0 Å². The standard InChI is InChI=1S/C11H11ClO5S/c12-18(14,15)7-9-3-2-8(6-13)10-11(9)17-5-1-4-16-10/h2-3,6H,1,4-5,7H2. The molecule has 2 rings (SSSR count). The maximum Gasteiger partial charge on any atom is 0.236 e. The van der Waals surface area contributed by atoms with Crippen molar-refractivity contribution in [1.82, 2.24) is 0 Å². The maximum absolute atomic E-state index is 11.1. The zero-order valence-corrected chi connectivity index (χ0v) is 11.0. The van der Waals surface area contributed by atoms with Crippen molar-refractivity contribution < 1.29 is 22.7 Å². The van der Waals surface area contributed by atoms with E-state index in [1.54, 1.807) is 0 Å². The molecule has 0 amide bonds. The molecule has 0 radical (unpaired) electrons. The fraction of sp³-hybridized carbons (Fsp3) is 0.364. The lowest BCUT2D eigenvalue weighted by molar-refractivity contribution is 0.111. The molecule has 0 saturated carbocycles. The van der Waals surface area contributed by atoms with Crippen LogP contribution < -0.4 is 9.47 Å². The van der Waals surface area contributed by atoms with Gasteiger partial charge in [-0.2, -0.15) is 0 Å². The third kappa shape index (κ3) is 2.94. The van der Waals surface area contributed by atoms with E-state index < -0.39 is 9.05 Å². The van der Waals surface area contributed by atoms with Crippen LogP contribution >= 0.6 is 10.7 Å². The topological polar surface area (TPSA) is 69.7 Å². The molecule has 0 aromatic heterocycles. The molecule has 1 aliphatic heterocycles. The van der Waals surface area contributed by atoms with Crippen LogP contribution in [0.2, 0.25) is 0 Å². The summed E-state index contributed by atoms with van der Waals surface area (Å²) in [5.74, 6) is 0.223. The Balaban J connectivity index is 2.52. The second-order valence-corrected chi connectivity index (χ2v) is 6.60. The number of carbonyl (C=O) groups excluding carboxylic acids is 1. The molecule has 0 spiro atoms. The minimum Gasteiger partial charge on any atom is -0.489 e. The SMILES string of the molecule is O=Cc1ccc(CS(=O)(=O)Cl)c2c1OCCCO2. The Hall–Kier alpha value is -1.27. The van der Waals surface area contributed by atoms with Crippen LogP contribution in [0.1, 0.15) is 22.3 Å². The highest BCUT2D eigenvalue weighted by atomic mass is 35.7. The molecular weight excluding hydrogens is 280 g/mol. The van der Waals surface area contributed by atoms with Crippen LogP contribution in [-0.2, 0) is 14.8 Å². The van der Waals surface area contributed by atoms with Crippen molar-refractivity contribution in [2.75, 3.05) is 13.2 Å². The van der Waals surface area contributed by atoms with Crippen molar-refractivity contribution in [3.05, 3.63) is 23.3 Å². The number of halogens is 1. The molecule has 18 heavy (non-hydrogen) atoms.